The van der Waals surface area contributed by atoms with Crippen LogP contribution < -0.4 is 9.47 Å². The van der Waals surface area contributed by atoms with Crippen LogP contribution in [-0.4, -0.2) is 23.2 Å². The molecule has 3 rings (SSSR count). The molecule has 2 aromatic carbocycles. The molecule has 0 atom stereocenters. The van der Waals surface area contributed by atoms with Gasteiger partial charge in [0.05, 0.1) is 12.8 Å². The second kappa shape index (κ2) is 6.72. The fraction of sp³-hybridized carbons (Fsp3) is 0.111. The summed E-state index contributed by atoms with van der Waals surface area (Å²) >= 11 is 1.17. The quantitative estimate of drug-likeness (QED) is 0.733. The molecule has 0 unspecified atom stereocenters. The Labute approximate surface area is 143 Å². The number of thiazole rings is 1. The Morgan fingerprint density at radius 2 is 1.54 bits per heavy atom. The van der Waals surface area contributed by atoms with E-state index in [4.69, 9.17) is 14.6 Å². The van der Waals surface area contributed by atoms with Crippen LogP contribution in [0.3, 0.4) is 0 Å². The number of hydrogen-bond donors (Lipinski definition) is 1. The highest BCUT2D eigenvalue weighted by Gasteiger charge is 2.15. The van der Waals surface area contributed by atoms with E-state index in [0.29, 0.717) is 22.2 Å². The van der Waals surface area contributed by atoms with Gasteiger partial charge in [-0.25, -0.2) is 9.78 Å². The topological polar surface area (TPSA) is 68.7 Å². The van der Waals surface area contributed by atoms with Crippen LogP contribution in [0.25, 0.3) is 10.6 Å². The molecule has 1 aromatic heterocycles. The summed E-state index contributed by atoms with van der Waals surface area (Å²) in [6, 6.07) is 14.7. The van der Waals surface area contributed by atoms with Crippen LogP contribution in [-0.2, 0) is 0 Å². The van der Waals surface area contributed by atoms with Crippen molar-refractivity contribution in [3.63, 3.8) is 0 Å². The van der Waals surface area contributed by atoms with E-state index in [1.165, 1.54) is 11.3 Å². The lowest BCUT2D eigenvalue weighted by molar-refractivity contribution is 0.0701. The summed E-state index contributed by atoms with van der Waals surface area (Å²) in [6.45, 7) is 1.70. The molecule has 0 aliphatic rings. The van der Waals surface area contributed by atoms with Gasteiger partial charge in [0.15, 0.2) is 0 Å². The number of carboxylic acids is 1. The minimum absolute atomic E-state index is 0.267. The van der Waals surface area contributed by atoms with Gasteiger partial charge in [0.2, 0.25) is 0 Å². The predicted molar refractivity (Wildman–Crippen MR) is 92.3 cm³/mol. The maximum absolute atomic E-state index is 11.1. The van der Waals surface area contributed by atoms with Crippen molar-refractivity contribution in [1.82, 2.24) is 4.98 Å². The number of ether oxygens (including phenoxy) is 2. The van der Waals surface area contributed by atoms with Crippen LogP contribution in [0.15, 0.2) is 48.5 Å². The number of rotatable bonds is 5. The van der Waals surface area contributed by atoms with Gasteiger partial charge < -0.3 is 14.6 Å². The van der Waals surface area contributed by atoms with Crippen molar-refractivity contribution < 1.29 is 19.4 Å². The fourth-order valence-corrected chi connectivity index (χ4v) is 3.07. The molecule has 0 radical (unpaired) electrons. The first-order chi connectivity index (χ1) is 11.6. The van der Waals surface area contributed by atoms with Gasteiger partial charge in [0.1, 0.15) is 27.1 Å². The summed E-state index contributed by atoms with van der Waals surface area (Å²) in [5, 5.41) is 9.79. The van der Waals surface area contributed by atoms with Crippen LogP contribution in [0.5, 0.6) is 17.2 Å². The highest BCUT2D eigenvalue weighted by Crippen LogP contribution is 2.30. The first kappa shape index (κ1) is 16.0. The number of carbonyl (C=O) groups is 1. The standard InChI is InChI=1S/C18H15NO4S/c1-11-16(18(20)21)24-17(19-11)12-3-5-14(6-4-12)23-15-9-7-13(22-2)8-10-15/h3-10H,1-2H3,(H,20,21). The Morgan fingerprint density at radius 3 is 2.04 bits per heavy atom. The van der Waals surface area contributed by atoms with E-state index in [1.807, 2.05) is 48.5 Å². The molecule has 0 aliphatic heterocycles. The van der Waals surface area contributed by atoms with E-state index < -0.39 is 5.97 Å². The molecule has 0 fully saturated rings. The monoisotopic (exact) mass is 341 g/mol. The summed E-state index contributed by atoms with van der Waals surface area (Å²) < 4.78 is 10.9. The van der Waals surface area contributed by atoms with Crippen LogP contribution in [0.4, 0.5) is 0 Å². The Bertz CT molecular complexity index is 854. The lowest BCUT2D eigenvalue weighted by atomic mass is 10.2. The smallest absolute Gasteiger partial charge is 0.347 e. The van der Waals surface area contributed by atoms with Crippen molar-refractivity contribution in [3.8, 4) is 27.8 Å². The molecule has 0 saturated carbocycles. The molecule has 5 nitrogen and oxygen atoms in total. The average Bonchev–Trinajstić information content (AvgIpc) is 2.98. The van der Waals surface area contributed by atoms with Gasteiger partial charge in [-0.15, -0.1) is 11.3 Å². The zero-order valence-corrected chi connectivity index (χ0v) is 14.0. The van der Waals surface area contributed by atoms with E-state index in [-0.39, 0.29) is 4.88 Å². The van der Waals surface area contributed by atoms with Crippen molar-refractivity contribution in [3.05, 3.63) is 59.1 Å². The Hall–Kier alpha value is -2.86. The van der Waals surface area contributed by atoms with Crippen molar-refractivity contribution in [1.29, 1.82) is 0 Å². The zero-order chi connectivity index (χ0) is 17.1. The molecule has 0 bridgehead atoms. The first-order valence-electron chi connectivity index (χ1n) is 7.20. The van der Waals surface area contributed by atoms with Gasteiger partial charge in [0, 0.05) is 5.56 Å². The summed E-state index contributed by atoms with van der Waals surface area (Å²) in [5.74, 6) is 1.22. The molecule has 0 saturated heterocycles. The Balaban J connectivity index is 1.77. The molecular weight excluding hydrogens is 326 g/mol. The van der Waals surface area contributed by atoms with Gasteiger partial charge in [0.25, 0.3) is 0 Å². The second-order valence-electron chi connectivity index (χ2n) is 5.04. The van der Waals surface area contributed by atoms with Crippen molar-refractivity contribution >= 4 is 17.3 Å². The number of hydrogen-bond acceptors (Lipinski definition) is 5. The zero-order valence-electron chi connectivity index (χ0n) is 13.1. The molecule has 0 amide bonds. The van der Waals surface area contributed by atoms with E-state index in [0.717, 1.165) is 11.3 Å². The van der Waals surface area contributed by atoms with Gasteiger partial charge in [-0.2, -0.15) is 0 Å². The molecule has 1 heterocycles. The SMILES string of the molecule is COc1ccc(Oc2ccc(-c3nc(C)c(C(=O)O)s3)cc2)cc1. The number of carboxylic acid groups (broad SMARTS) is 1. The molecule has 1 N–H and O–H groups in total. The first-order valence-corrected chi connectivity index (χ1v) is 8.01. The summed E-state index contributed by atoms with van der Waals surface area (Å²) in [6.07, 6.45) is 0. The van der Waals surface area contributed by atoms with Crippen LogP contribution in [0, 0.1) is 6.92 Å². The number of aromatic nitrogens is 1. The van der Waals surface area contributed by atoms with E-state index in [2.05, 4.69) is 4.98 Å². The predicted octanol–water partition coefficient (Wildman–Crippen LogP) is 4.62. The number of aryl methyl sites for hydroxylation is 1. The van der Waals surface area contributed by atoms with Crippen LogP contribution >= 0.6 is 11.3 Å². The molecule has 24 heavy (non-hydrogen) atoms. The van der Waals surface area contributed by atoms with Crippen molar-refractivity contribution in [2.75, 3.05) is 7.11 Å². The van der Waals surface area contributed by atoms with Gasteiger partial charge in [-0.3, -0.25) is 0 Å². The van der Waals surface area contributed by atoms with Crippen LogP contribution in [0.2, 0.25) is 0 Å². The van der Waals surface area contributed by atoms with Gasteiger partial charge >= 0.3 is 5.97 Å². The highest BCUT2D eigenvalue weighted by atomic mass is 32.1. The number of benzene rings is 2. The van der Waals surface area contributed by atoms with Gasteiger partial charge in [-0.1, -0.05) is 0 Å². The van der Waals surface area contributed by atoms with E-state index in [1.54, 1.807) is 14.0 Å². The Kier molecular flexibility index (Phi) is 4.48. The van der Waals surface area contributed by atoms with Crippen LogP contribution in [0.1, 0.15) is 15.4 Å². The Morgan fingerprint density at radius 1 is 1.00 bits per heavy atom. The normalized spacial score (nSPS) is 10.4. The summed E-state index contributed by atoms with van der Waals surface area (Å²) in [5.41, 5.74) is 1.39. The van der Waals surface area contributed by atoms with Crippen molar-refractivity contribution in [2.24, 2.45) is 0 Å². The van der Waals surface area contributed by atoms with E-state index in [9.17, 15) is 4.79 Å². The highest BCUT2D eigenvalue weighted by molar-refractivity contribution is 7.17. The molecule has 3 aromatic rings. The van der Waals surface area contributed by atoms with Crippen molar-refractivity contribution in [2.45, 2.75) is 6.92 Å². The third-order valence-electron chi connectivity index (χ3n) is 3.39. The summed E-state index contributed by atoms with van der Waals surface area (Å²) in [4.78, 5) is 15.7. The minimum Gasteiger partial charge on any atom is -0.497 e. The maximum Gasteiger partial charge on any atom is 0.347 e. The number of aromatic carboxylic acids is 1. The lowest BCUT2D eigenvalue weighted by Crippen LogP contribution is -1.94. The minimum atomic E-state index is -0.948. The molecular formula is C18H15NO4S. The number of nitrogens with zero attached hydrogens (tertiary/aromatic N) is 1. The maximum atomic E-state index is 11.1. The van der Waals surface area contributed by atoms with Gasteiger partial charge in [-0.05, 0) is 55.5 Å². The fourth-order valence-electron chi connectivity index (χ4n) is 2.16. The molecule has 122 valence electrons. The largest absolute Gasteiger partial charge is 0.497 e. The number of methoxy groups -OCH3 is 1. The third-order valence-corrected chi connectivity index (χ3v) is 4.58. The third kappa shape index (κ3) is 3.38. The molecule has 0 spiro atoms. The lowest BCUT2D eigenvalue weighted by Gasteiger charge is -2.07. The van der Waals surface area contributed by atoms with E-state index >= 15 is 0 Å². The summed E-state index contributed by atoms with van der Waals surface area (Å²) in [7, 11) is 1.62. The second-order valence-corrected chi connectivity index (χ2v) is 6.04. The molecule has 6 heteroatoms. The molecule has 0 aliphatic carbocycles. The average molecular weight is 341 g/mol.